The van der Waals surface area contributed by atoms with Crippen molar-refractivity contribution in [3.05, 3.63) is 101 Å². The Labute approximate surface area is 272 Å². The van der Waals surface area contributed by atoms with E-state index in [1.54, 1.807) is 31.2 Å². The van der Waals surface area contributed by atoms with Crippen molar-refractivity contribution < 1.29 is 19.2 Å². The van der Waals surface area contributed by atoms with E-state index in [1.807, 2.05) is 94.4 Å². The number of hydrogen-bond donors (Lipinski definition) is 5. The third-order valence-corrected chi connectivity index (χ3v) is 7.61. The third-order valence-electron chi connectivity index (χ3n) is 7.61. The highest BCUT2D eigenvalue weighted by molar-refractivity contribution is 5.99. The Morgan fingerprint density at radius 3 is 1.98 bits per heavy atom. The molecule has 0 aromatic heterocycles. The summed E-state index contributed by atoms with van der Waals surface area (Å²) in [6.45, 7) is 8.46. The smallest absolute Gasteiger partial charge is 0.251 e. The second-order valence-corrected chi connectivity index (χ2v) is 11.9. The van der Waals surface area contributed by atoms with Crippen molar-refractivity contribution in [1.29, 1.82) is 0 Å². The van der Waals surface area contributed by atoms with Crippen LogP contribution in [0.1, 0.15) is 59.5 Å². The van der Waals surface area contributed by atoms with Crippen LogP contribution in [0.4, 0.5) is 5.69 Å². The number of rotatable bonds is 16. The summed E-state index contributed by atoms with van der Waals surface area (Å²) >= 11 is 0. The molecule has 10 heteroatoms. The lowest BCUT2D eigenvalue weighted by molar-refractivity contribution is -0.130. The molecule has 3 atom stereocenters. The Hall–Kier alpha value is -4.70. The summed E-state index contributed by atoms with van der Waals surface area (Å²) < 4.78 is 0. The molecule has 0 aliphatic carbocycles. The maximum Gasteiger partial charge on any atom is 0.251 e. The molecule has 46 heavy (non-hydrogen) atoms. The van der Waals surface area contributed by atoms with Gasteiger partial charge in [-0.15, -0.1) is 0 Å². The van der Waals surface area contributed by atoms with Gasteiger partial charge in [0.05, 0.1) is 6.04 Å². The van der Waals surface area contributed by atoms with Crippen LogP contribution in [0.2, 0.25) is 0 Å². The first-order valence-electron chi connectivity index (χ1n) is 15.8. The number of nitrogens with one attached hydrogen (secondary N) is 5. The lowest BCUT2D eigenvalue weighted by atomic mass is 10.0. The van der Waals surface area contributed by atoms with Gasteiger partial charge in [-0.2, -0.15) is 0 Å². The number of nitrogens with zero attached hydrogens (tertiary/aromatic N) is 1. The van der Waals surface area contributed by atoms with E-state index in [4.69, 9.17) is 0 Å². The molecule has 0 aliphatic heterocycles. The van der Waals surface area contributed by atoms with Gasteiger partial charge >= 0.3 is 0 Å². The number of amides is 4. The fourth-order valence-electron chi connectivity index (χ4n) is 4.85. The van der Waals surface area contributed by atoms with Crippen molar-refractivity contribution in [3.63, 3.8) is 0 Å². The molecular weight excluding hydrogens is 580 g/mol. The Morgan fingerprint density at radius 2 is 1.37 bits per heavy atom. The molecule has 4 amide bonds. The van der Waals surface area contributed by atoms with Gasteiger partial charge in [-0.1, -0.05) is 62.4 Å². The van der Waals surface area contributed by atoms with Gasteiger partial charge in [0.15, 0.2) is 0 Å². The van der Waals surface area contributed by atoms with Gasteiger partial charge in [-0.3, -0.25) is 19.2 Å². The monoisotopic (exact) mass is 628 g/mol. The number of benzene rings is 3. The summed E-state index contributed by atoms with van der Waals surface area (Å²) in [4.78, 5) is 53.8. The largest absolute Gasteiger partial charge is 0.378 e. The first-order valence-corrected chi connectivity index (χ1v) is 15.8. The number of carbonyl (C=O) groups is 4. The van der Waals surface area contributed by atoms with Gasteiger partial charge in [0.25, 0.3) is 11.8 Å². The minimum Gasteiger partial charge on any atom is -0.378 e. The van der Waals surface area contributed by atoms with Crippen molar-refractivity contribution in [1.82, 2.24) is 26.6 Å². The lowest BCUT2D eigenvalue weighted by Crippen LogP contribution is -2.55. The van der Waals surface area contributed by atoms with Crippen LogP contribution >= 0.6 is 0 Å². The zero-order chi connectivity index (χ0) is 33.6. The van der Waals surface area contributed by atoms with Crippen molar-refractivity contribution in [2.45, 2.75) is 58.8 Å². The van der Waals surface area contributed by atoms with E-state index >= 15 is 0 Å². The Morgan fingerprint density at radius 1 is 0.717 bits per heavy atom. The Bertz CT molecular complexity index is 1440. The van der Waals surface area contributed by atoms with Crippen molar-refractivity contribution in [2.75, 3.05) is 32.1 Å². The molecule has 3 rings (SSSR count). The van der Waals surface area contributed by atoms with Gasteiger partial charge in [-0.25, -0.2) is 0 Å². The maximum absolute atomic E-state index is 13.4. The minimum atomic E-state index is -0.649. The SMILES string of the molecule is CCNC(=O)[C@@H](NC(=O)[C@H](C)NC[C@H](Cc1ccccc1)NC(=O)c1cccc(C(=O)NCc2ccc(N(C)C)cc2)c1)C(C)C. The summed E-state index contributed by atoms with van der Waals surface area (Å²) in [5, 5.41) is 14.8. The molecular formula is C36H48N6O4. The third kappa shape index (κ3) is 11.0. The lowest BCUT2D eigenvalue weighted by Gasteiger charge is -2.25. The summed E-state index contributed by atoms with van der Waals surface area (Å²) in [6.07, 6.45) is 0.522. The molecule has 10 nitrogen and oxygen atoms in total. The summed E-state index contributed by atoms with van der Waals surface area (Å²) in [7, 11) is 3.94. The van der Waals surface area contributed by atoms with Crippen LogP contribution in [0, 0.1) is 5.92 Å². The van der Waals surface area contributed by atoms with Crippen LogP contribution in [-0.2, 0) is 22.6 Å². The molecule has 0 heterocycles. The van der Waals surface area contributed by atoms with Crippen LogP contribution in [0.5, 0.6) is 0 Å². The van der Waals surface area contributed by atoms with Crippen molar-refractivity contribution >= 4 is 29.3 Å². The highest BCUT2D eigenvalue weighted by atomic mass is 16.2. The number of hydrogen-bond acceptors (Lipinski definition) is 6. The molecule has 0 saturated carbocycles. The summed E-state index contributed by atoms with van der Waals surface area (Å²) in [5.41, 5.74) is 3.80. The predicted octanol–water partition coefficient (Wildman–Crippen LogP) is 3.28. The molecule has 5 N–H and O–H groups in total. The normalized spacial score (nSPS) is 12.8. The van der Waals surface area contributed by atoms with Crippen LogP contribution in [0.25, 0.3) is 0 Å². The molecule has 0 saturated heterocycles. The number of anilines is 1. The van der Waals surface area contributed by atoms with Gasteiger partial charge in [-0.05, 0) is 67.6 Å². The fraction of sp³-hybridized carbons (Fsp3) is 0.389. The van der Waals surface area contributed by atoms with E-state index < -0.39 is 12.1 Å². The molecule has 0 spiro atoms. The quantitative estimate of drug-likeness (QED) is 0.166. The van der Waals surface area contributed by atoms with E-state index in [1.165, 1.54) is 0 Å². The second-order valence-electron chi connectivity index (χ2n) is 11.9. The number of likely N-dealkylation sites (N-methyl/N-ethyl adjacent to an activating group) is 1. The second kappa shape index (κ2) is 17.7. The first-order chi connectivity index (χ1) is 22.0. The fourth-order valence-corrected chi connectivity index (χ4v) is 4.85. The van der Waals surface area contributed by atoms with E-state index in [9.17, 15) is 19.2 Å². The highest BCUT2D eigenvalue weighted by Gasteiger charge is 2.26. The van der Waals surface area contributed by atoms with Crippen molar-refractivity contribution in [2.24, 2.45) is 5.92 Å². The minimum absolute atomic E-state index is 0.0831. The average molecular weight is 629 g/mol. The molecule has 0 unspecified atom stereocenters. The van der Waals surface area contributed by atoms with E-state index in [-0.39, 0.29) is 35.6 Å². The summed E-state index contributed by atoms with van der Waals surface area (Å²) in [6, 6.07) is 22.7. The topological polar surface area (TPSA) is 132 Å². The van der Waals surface area contributed by atoms with Crippen LogP contribution in [-0.4, -0.2) is 68.9 Å². The average Bonchev–Trinajstić information content (AvgIpc) is 3.05. The molecule has 0 aliphatic rings. The zero-order valence-corrected chi connectivity index (χ0v) is 27.7. The molecule has 0 bridgehead atoms. The van der Waals surface area contributed by atoms with Crippen molar-refractivity contribution in [3.8, 4) is 0 Å². The maximum atomic E-state index is 13.4. The molecule has 0 fully saturated rings. The van der Waals surface area contributed by atoms with Crippen LogP contribution in [0.15, 0.2) is 78.9 Å². The Balaban J connectivity index is 1.65. The van der Waals surface area contributed by atoms with Crippen LogP contribution < -0.4 is 31.5 Å². The van der Waals surface area contributed by atoms with Gasteiger partial charge in [0, 0.05) is 56.6 Å². The van der Waals surface area contributed by atoms with Gasteiger partial charge < -0.3 is 31.5 Å². The molecule has 3 aromatic carbocycles. The van der Waals surface area contributed by atoms with Gasteiger partial charge in [0.1, 0.15) is 6.04 Å². The Kier molecular flexibility index (Phi) is 13.8. The van der Waals surface area contributed by atoms with E-state index in [2.05, 4.69) is 26.6 Å². The summed E-state index contributed by atoms with van der Waals surface area (Å²) in [5.74, 6) is -1.21. The molecule has 0 radical (unpaired) electrons. The van der Waals surface area contributed by atoms with Crippen LogP contribution in [0.3, 0.4) is 0 Å². The molecule has 246 valence electrons. The standard InChI is InChI=1S/C36H48N6O4/c1-7-37-36(46)32(24(2)3)41-33(43)25(4)38-23-30(20-26-12-9-8-10-13-26)40-35(45)29-15-11-14-28(21-29)34(44)39-22-27-16-18-31(19-17-27)42(5)6/h8-19,21,24-25,30,32,38H,7,20,22-23H2,1-6H3,(H,37,46)(H,39,44)(H,40,45)(H,41,43)/t25-,30-,32-/m0/s1. The first kappa shape index (κ1) is 35.8. The molecule has 3 aromatic rings. The zero-order valence-electron chi connectivity index (χ0n) is 27.7. The highest BCUT2D eigenvalue weighted by Crippen LogP contribution is 2.13. The van der Waals surface area contributed by atoms with E-state index in [0.717, 1.165) is 16.8 Å². The number of carbonyl (C=O) groups excluding carboxylic acids is 4. The van der Waals surface area contributed by atoms with E-state index in [0.29, 0.717) is 37.2 Å². The van der Waals surface area contributed by atoms with Gasteiger partial charge in [0.2, 0.25) is 11.8 Å². The predicted molar refractivity (Wildman–Crippen MR) is 183 cm³/mol.